The molecule has 0 atom stereocenters. The number of halogens is 2. The minimum atomic E-state index is -0.579. The molecule has 2 aromatic carbocycles. The van der Waals surface area contributed by atoms with Gasteiger partial charge in [-0.05, 0) is 64.9 Å². The third-order valence-corrected chi connectivity index (χ3v) is 4.80. The summed E-state index contributed by atoms with van der Waals surface area (Å²) in [5.74, 6) is 1.08. The molecule has 0 N–H and O–H groups in total. The van der Waals surface area contributed by atoms with Crippen LogP contribution in [0.2, 0.25) is 0 Å². The second-order valence-electron chi connectivity index (χ2n) is 5.02. The Morgan fingerprint density at radius 1 is 1.10 bits per heavy atom. The molecule has 0 saturated heterocycles. The number of aryl methyl sites for hydroxylation is 1. The van der Waals surface area contributed by atoms with Crippen molar-refractivity contribution in [2.24, 2.45) is 0 Å². The molecule has 1 aliphatic rings. The van der Waals surface area contributed by atoms with Crippen molar-refractivity contribution in [3.05, 3.63) is 56.1 Å². The van der Waals surface area contributed by atoms with E-state index in [1.54, 1.807) is 0 Å². The van der Waals surface area contributed by atoms with Gasteiger partial charge < -0.3 is 9.47 Å². The highest BCUT2D eigenvalue weighted by Gasteiger charge is 2.36. The largest absolute Gasteiger partial charge is 0.449 e. The van der Waals surface area contributed by atoms with Gasteiger partial charge >= 0.3 is 0 Å². The standard InChI is InChI=1S/C16H14BrIO2/c1-16(19-14-4-2-3-5-15(14)20-16)9-8-11-10-12(18)6-7-13(11)17/h2-7,10H,8-9H2,1H3. The SMILES string of the molecule is CC1(CCc2cc(I)ccc2Br)Oc2ccccc2O1. The van der Waals surface area contributed by atoms with Crippen LogP contribution in [0.4, 0.5) is 0 Å². The molecule has 0 unspecified atom stereocenters. The zero-order chi connectivity index (χ0) is 14.2. The molecule has 2 aromatic rings. The van der Waals surface area contributed by atoms with E-state index in [0.29, 0.717) is 0 Å². The number of rotatable bonds is 3. The summed E-state index contributed by atoms with van der Waals surface area (Å²) in [6, 6.07) is 14.2. The van der Waals surface area contributed by atoms with Crippen LogP contribution in [0, 0.1) is 3.57 Å². The Kier molecular flexibility index (Phi) is 3.95. The van der Waals surface area contributed by atoms with Gasteiger partial charge in [0.1, 0.15) is 0 Å². The second-order valence-corrected chi connectivity index (χ2v) is 7.12. The summed E-state index contributed by atoms with van der Waals surface area (Å²) in [7, 11) is 0. The molecule has 0 radical (unpaired) electrons. The average molecular weight is 445 g/mol. The quantitative estimate of drug-likeness (QED) is 0.607. The topological polar surface area (TPSA) is 18.5 Å². The molecule has 1 heterocycles. The normalized spacial score (nSPS) is 15.3. The molecule has 0 fully saturated rings. The first-order valence-corrected chi connectivity index (χ1v) is 8.34. The second kappa shape index (κ2) is 5.56. The summed E-state index contributed by atoms with van der Waals surface area (Å²) in [6.07, 6.45) is 1.71. The van der Waals surface area contributed by atoms with Crippen LogP contribution < -0.4 is 9.47 Å². The van der Waals surface area contributed by atoms with Crippen LogP contribution in [0.25, 0.3) is 0 Å². The van der Waals surface area contributed by atoms with E-state index in [1.165, 1.54) is 9.13 Å². The monoisotopic (exact) mass is 444 g/mol. The Labute approximate surface area is 140 Å². The highest BCUT2D eigenvalue weighted by Crippen LogP contribution is 2.40. The van der Waals surface area contributed by atoms with Crippen molar-refractivity contribution in [1.82, 2.24) is 0 Å². The van der Waals surface area contributed by atoms with Gasteiger partial charge in [0.05, 0.1) is 0 Å². The number of hydrogen-bond donors (Lipinski definition) is 0. The molecule has 4 heteroatoms. The lowest BCUT2D eigenvalue weighted by Crippen LogP contribution is -2.35. The molecule has 1 aliphatic heterocycles. The number of fused-ring (bicyclic) bond motifs is 1. The zero-order valence-electron chi connectivity index (χ0n) is 11.0. The van der Waals surface area contributed by atoms with E-state index in [2.05, 4.69) is 56.7 Å². The lowest BCUT2D eigenvalue weighted by atomic mass is 10.1. The Balaban J connectivity index is 1.72. The van der Waals surface area contributed by atoms with E-state index in [9.17, 15) is 0 Å². The summed E-state index contributed by atoms with van der Waals surface area (Å²) in [6.45, 7) is 1.99. The van der Waals surface area contributed by atoms with Crippen molar-refractivity contribution < 1.29 is 9.47 Å². The Morgan fingerprint density at radius 2 is 1.75 bits per heavy atom. The van der Waals surface area contributed by atoms with Gasteiger partial charge in [-0.1, -0.05) is 28.1 Å². The lowest BCUT2D eigenvalue weighted by molar-refractivity contribution is -0.0676. The smallest absolute Gasteiger partial charge is 0.249 e. The van der Waals surface area contributed by atoms with Crippen LogP contribution in [-0.4, -0.2) is 5.79 Å². The first-order valence-electron chi connectivity index (χ1n) is 6.47. The van der Waals surface area contributed by atoms with Gasteiger partial charge in [-0.15, -0.1) is 0 Å². The molecule has 3 rings (SSSR count). The van der Waals surface area contributed by atoms with E-state index < -0.39 is 5.79 Å². The highest BCUT2D eigenvalue weighted by molar-refractivity contribution is 14.1. The van der Waals surface area contributed by atoms with Crippen LogP contribution in [0.1, 0.15) is 18.9 Å². The summed E-state index contributed by atoms with van der Waals surface area (Å²) in [5.41, 5.74) is 1.28. The number of para-hydroxylation sites is 2. The molecule has 0 saturated carbocycles. The zero-order valence-corrected chi connectivity index (χ0v) is 14.8. The molecular weight excluding hydrogens is 431 g/mol. The van der Waals surface area contributed by atoms with Gasteiger partial charge in [0.15, 0.2) is 11.5 Å². The van der Waals surface area contributed by atoms with Crippen LogP contribution in [-0.2, 0) is 6.42 Å². The molecule has 0 spiro atoms. The van der Waals surface area contributed by atoms with E-state index >= 15 is 0 Å². The summed E-state index contributed by atoms with van der Waals surface area (Å²) in [4.78, 5) is 0. The molecular formula is C16H14BrIO2. The van der Waals surface area contributed by atoms with Gasteiger partial charge in [-0.2, -0.15) is 0 Å². The van der Waals surface area contributed by atoms with Gasteiger partial charge in [0, 0.05) is 21.4 Å². The number of benzene rings is 2. The van der Waals surface area contributed by atoms with Gasteiger partial charge in [-0.3, -0.25) is 0 Å². The Bertz CT molecular complexity index is 617. The third-order valence-electron chi connectivity index (χ3n) is 3.36. The Morgan fingerprint density at radius 3 is 2.40 bits per heavy atom. The van der Waals surface area contributed by atoms with Crippen LogP contribution in [0.15, 0.2) is 46.9 Å². The minimum Gasteiger partial charge on any atom is -0.449 e. The Hall–Kier alpha value is -0.750. The molecule has 104 valence electrons. The number of hydrogen-bond acceptors (Lipinski definition) is 2. The van der Waals surface area contributed by atoms with Gasteiger partial charge in [-0.25, -0.2) is 0 Å². The molecule has 0 aromatic heterocycles. The maximum absolute atomic E-state index is 5.95. The fourth-order valence-corrected chi connectivity index (χ4v) is 3.30. The summed E-state index contributed by atoms with van der Waals surface area (Å²) < 4.78 is 14.3. The highest BCUT2D eigenvalue weighted by atomic mass is 127. The third kappa shape index (κ3) is 2.96. The number of ether oxygens (including phenoxy) is 2. The van der Waals surface area contributed by atoms with Crippen LogP contribution in [0.3, 0.4) is 0 Å². The molecule has 0 aliphatic carbocycles. The van der Waals surface area contributed by atoms with Crippen molar-refractivity contribution in [1.29, 1.82) is 0 Å². The fraction of sp³-hybridized carbons (Fsp3) is 0.250. The van der Waals surface area contributed by atoms with Crippen molar-refractivity contribution in [2.45, 2.75) is 25.6 Å². The predicted molar refractivity (Wildman–Crippen MR) is 91.3 cm³/mol. The van der Waals surface area contributed by atoms with Crippen molar-refractivity contribution in [2.75, 3.05) is 0 Å². The summed E-state index contributed by atoms with van der Waals surface area (Å²) >= 11 is 5.93. The van der Waals surface area contributed by atoms with Crippen molar-refractivity contribution in [3.63, 3.8) is 0 Å². The fourth-order valence-electron chi connectivity index (χ4n) is 2.30. The van der Waals surface area contributed by atoms with E-state index in [-0.39, 0.29) is 0 Å². The van der Waals surface area contributed by atoms with Crippen LogP contribution >= 0.6 is 38.5 Å². The predicted octanol–water partition coefficient (Wildman–Crippen LogP) is 5.17. The first kappa shape index (κ1) is 14.2. The molecule has 20 heavy (non-hydrogen) atoms. The minimum absolute atomic E-state index is 0.579. The van der Waals surface area contributed by atoms with E-state index in [1.807, 2.05) is 31.2 Å². The van der Waals surface area contributed by atoms with E-state index in [4.69, 9.17) is 9.47 Å². The van der Waals surface area contributed by atoms with Crippen molar-refractivity contribution in [3.8, 4) is 11.5 Å². The summed E-state index contributed by atoms with van der Waals surface area (Å²) in [5, 5.41) is 0. The first-order chi connectivity index (χ1) is 9.56. The molecule has 2 nitrogen and oxygen atoms in total. The van der Waals surface area contributed by atoms with Crippen LogP contribution in [0.5, 0.6) is 11.5 Å². The molecule has 0 amide bonds. The van der Waals surface area contributed by atoms with Gasteiger partial charge in [0.25, 0.3) is 0 Å². The van der Waals surface area contributed by atoms with Crippen molar-refractivity contribution >= 4 is 38.5 Å². The lowest BCUT2D eigenvalue weighted by Gasteiger charge is -2.23. The van der Waals surface area contributed by atoms with Gasteiger partial charge in [0.2, 0.25) is 5.79 Å². The molecule has 0 bridgehead atoms. The maximum atomic E-state index is 5.95. The maximum Gasteiger partial charge on any atom is 0.249 e. The van der Waals surface area contributed by atoms with E-state index in [0.717, 1.165) is 28.8 Å². The average Bonchev–Trinajstić information content (AvgIpc) is 2.76.